The zero-order valence-electron chi connectivity index (χ0n) is 17.7. The number of fused-ring (bicyclic) bond motifs is 1. The van der Waals surface area contributed by atoms with Gasteiger partial charge in [-0.3, -0.25) is 4.72 Å². The molecular weight excluding hydrogens is 392 g/mol. The van der Waals surface area contributed by atoms with Crippen molar-refractivity contribution in [3.05, 3.63) is 72.3 Å². The molecule has 1 aliphatic carbocycles. The van der Waals surface area contributed by atoms with Crippen LogP contribution < -0.4 is 9.62 Å². The molecule has 0 aliphatic heterocycles. The quantitative estimate of drug-likeness (QED) is 0.549. The molecule has 0 aromatic heterocycles. The van der Waals surface area contributed by atoms with E-state index in [-0.39, 0.29) is 0 Å². The SMILES string of the molecule is CCN(c1cccc2ccccc12)C1CCCC(c2ccc(NS(C)(=O)=O)cc2)C1. The molecule has 1 fully saturated rings. The average Bonchev–Trinajstić information content (AvgIpc) is 2.74. The molecule has 1 N–H and O–H groups in total. The van der Waals surface area contributed by atoms with Gasteiger partial charge in [0.25, 0.3) is 0 Å². The second kappa shape index (κ2) is 8.68. The van der Waals surface area contributed by atoms with Gasteiger partial charge < -0.3 is 4.90 Å². The molecule has 158 valence electrons. The average molecular weight is 423 g/mol. The highest BCUT2D eigenvalue weighted by Crippen LogP contribution is 2.38. The van der Waals surface area contributed by atoms with Gasteiger partial charge in [0, 0.05) is 29.3 Å². The van der Waals surface area contributed by atoms with Crippen LogP contribution in [0.4, 0.5) is 11.4 Å². The van der Waals surface area contributed by atoms with Crippen molar-refractivity contribution < 1.29 is 8.42 Å². The molecule has 0 amide bonds. The van der Waals surface area contributed by atoms with E-state index in [2.05, 4.69) is 71.1 Å². The van der Waals surface area contributed by atoms with Crippen LogP contribution in [0, 0.1) is 0 Å². The van der Waals surface area contributed by atoms with E-state index in [1.165, 1.54) is 47.5 Å². The van der Waals surface area contributed by atoms with E-state index in [0.717, 1.165) is 13.0 Å². The number of nitrogens with one attached hydrogen (secondary N) is 1. The maximum absolute atomic E-state index is 11.4. The molecule has 1 aliphatic rings. The van der Waals surface area contributed by atoms with Gasteiger partial charge in [0.1, 0.15) is 0 Å². The first-order valence-corrected chi connectivity index (χ1v) is 12.7. The molecule has 3 aromatic rings. The number of benzene rings is 3. The van der Waals surface area contributed by atoms with E-state index < -0.39 is 10.0 Å². The van der Waals surface area contributed by atoms with E-state index >= 15 is 0 Å². The lowest BCUT2D eigenvalue weighted by Crippen LogP contribution is -2.38. The van der Waals surface area contributed by atoms with Gasteiger partial charge in [-0.1, -0.05) is 55.0 Å². The molecule has 2 unspecified atom stereocenters. The molecule has 0 radical (unpaired) electrons. The lowest BCUT2D eigenvalue weighted by atomic mass is 9.80. The zero-order valence-corrected chi connectivity index (χ0v) is 18.5. The molecule has 0 spiro atoms. The van der Waals surface area contributed by atoms with Gasteiger partial charge >= 0.3 is 0 Å². The van der Waals surface area contributed by atoms with Crippen molar-refractivity contribution in [2.75, 3.05) is 22.4 Å². The Kier molecular flexibility index (Phi) is 6.00. The van der Waals surface area contributed by atoms with E-state index in [0.29, 0.717) is 17.6 Å². The summed E-state index contributed by atoms with van der Waals surface area (Å²) in [6.45, 7) is 3.24. The van der Waals surface area contributed by atoms with Crippen LogP contribution in [-0.4, -0.2) is 27.3 Å². The number of anilines is 2. The van der Waals surface area contributed by atoms with Crippen LogP contribution in [0.1, 0.15) is 44.1 Å². The summed E-state index contributed by atoms with van der Waals surface area (Å²) in [5, 5.41) is 2.61. The van der Waals surface area contributed by atoms with Crippen LogP contribution in [0.5, 0.6) is 0 Å². The molecule has 3 aromatic carbocycles. The van der Waals surface area contributed by atoms with Gasteiger partial charge in [0.15, 0.2) is 0 Å². The fraction of sp³-hybridized carbons (Fsp3) is 0.360. The monoisotopic (exact) mass is 422 g/mol. The second-order valence-corrected chi connectivity index (χ2v) is 10.0. The molecule has 2 atom stereocenters. The molecule has 1 saturated carbocycles. The Balaban J connectivity index is 1.55. The minimum atomic E-state index is -3.24. The Morgan fingerprint density at radius 2 is 1.70 bits per heavy atom. The molecule has 0 saturated heterocycles. The highest BCUT2D eigenvalue weighted by atomic mass is 32.2. The van der Waals surface area contributed by atoms with Gasteiger partial charge in [0.2, 0.25) is 10.0 Å². The Morgan fingerprint density at radius 1 is 0.967 bits per heavy atom. The second-order valence-electron chi connectivity index (χ2n) is 8.30. The van der Waals surface area contributed by atoms with Crippen molar-refractivity contribution in [2.24, 2.45) is 0 Å². The number of hydrogen-bond donors (Lipinski definition) is 1. The van der Waals surface area contributed by atoms with Crippen molar-refractivity contribution in [3.8, 4) is 0 Å². The number of hydrogen-bond acceptors (Lipinski definition) is 3. The van der Waals surface area contributed by atoms with Crippen molar-refractivity contribution in [1.82, 2.24) is 0 Å². The molecule has 30 heavy (non-hydrogen) atoms. The van der Waals surface area contributed by atoms with Crippen molar-refractivity contribution in [3.63, 3.8) is 0 Å². The predicted molar refractivity (Wildman–Crippen MR) is 127 cm³/mol. The maximum Gasteiger partial charge on any atom is 0.229 e. The molecule has 4 nitrogen and oxygen atoms in total. The molecule has 5 heteroatoms. The van der Waals surface area contributed by atoms with Crippen LogP contribution in [-0.2, 0) is 10.0 Å². The van der Waals surface area contributed by atoms with Crippen LogP contribution in [0.3, 0.4) is 0 Å². The fourth-order valence-electron chi connectivity index (χ4n) is 4.87. The number of rotatable bonds is 6. The van der Waals surface area contributed by atoms with Gasteiger partial charge in [-0.2, -0.15) is 0 Å². The van der Waals surface area contributed by atoms with Crippen LogP contribution in [0.2, 0.25) is 0 Å². The summed E-state index contributed by atoms with van der Waals surface area (Å²) in [5.41, 5.74) is 3.25. The van der Waals surface area contributed by atoms with Gasteiger partial charge in [0.05, 0.1) is 6.26 Å². The lowest BCUT2D eigenvalue weighted by Gasteiger charge is -2.39. The first-order chi connectivity index (χ1) is 14.4. The summed E-state index contributed by atoms with van der Waals surface area (Å²) in [5.74, 6) is 0.500. The summed E-state index contributed by atoms with van der Waals surface area (Å²) >= 11 is 0. The van der Waals surface area contributed by atoms with E-state index in [4.69, 9.17) is 0 Å². The van der Waals surface area contributed by atoms with Crippen LogP contribution in [0.25, 0.3) is 10.8 Å². The third-order valence-electron chi connectivity index (χ3n) is 6.19. The van der Waals surface area contributed by atoms with E-state index in [1.807, 2.05) is 12.1 Å². The maximum atomic E-state index is 11.4. The minimum absolute atomic E-state index is 0.500. The van der Waals surface area contributed by atoms with Gasteiger partial charge in [-0.15, -0.1) is 0 Å². The van der Waals surface area contributed by atoms with Gasteiger partial charge in [-0.25, -0.2) is 8.42 Å². The zero-order chi connectivity index (χ0) is 21.1. The molecular formula is C25H30N2O2S. The third kappa shape index (κ3) is 4.62. The lowest BCUT2D eigenvalue weighted by molar-refractivity contribution is 0.376. The molecule has 4 rings (SSSR count). The number of nitrogens with zero attached hydrogens (tertiary/aromatic N) is 1. The summed E-state index contributed by atoms with van der Waals surface area (Å²) in [6.07, 6.45) is 5.90. The summed E-state index contributed by atoms with van der Waals surface area (Å²) in [6, 6.07) is 23.6. The van der Waals surface area contributed by atoms with Crippen LogP contribution in [0.15, 0.2) is 66.7 Å². The van der Waals surface area contributed by atoms with Crippen molar-refractivity contribution in [1.29, 1.82) is 0 Å². The van der Waals surface area contributed by atoms with Crippen LogP contribution >= 0.6 is 0 Å². The minimum Gasteiger partial charge on any atom is -0.368 e. The Hall–Kier alpha value is -2.53. The summed E-state index contributed by atoms with van der Waals surface area (Å²) < 4.78 is 25.4. The Labute approximate surface area is 180 Å². The normalized spacial score (nSPS) is 19.5. The number of sulfonamides is 1. The van der Waals surface area contributed by atoms with Gasteiger partial charge in [-0.05, 0) is 61.3 Å². The van der Waals surface area contributed by atoms with Crippen molar-refractivity contribution >= 4 is 32.2 Å². The third-order valence-corrected chi connectivity index (χ3v) is 6.80. The summed E-state index contributed by atoms with van der Waals surface area (Å²) in [4.78, 5) is 2.58. The van der Waals surface area contributed by atoms with E-state index in [9.17, 15) is 8.42 Å². The fourth-order valence-corrected chi connectivity index (χ4v) is 5.44. The predicted octanol–water partition coefficient (Wildman–Crippen LogP) is 5.76. The first kappa shape index (κ1) is 20.7. The first-order valence-electron chi connectivity index (χ1n) is 10.8. The molecule has 0 heterocycles. The van der Waals surface area contributed by atoms with Crippen molar-refractivity contribution in [2.45, 2.75) is 44.6 Å². The Morgan fingerprint density at radius 3 is 2.43 bits per heavy atom. The topological polar surface area (TPSA) is 49.4 Å². The standard InChI is InChI=1S/C25H30N2O2S/c1-3-27(25-13-7-9-20-8-4-5-12-24(20)25)23-11-6-10-21(18-23)19-14-16-22(17-15-19)26-30(2,28)29/h4-5,7-9,12-17,21,23,26H,3,6,10-11,18H2,1-2H3. The highest BCUT2D eigenvalue weighted by molar-refractivity contribution is 7.92. The summed E-state index contributed by atoms with van der Waals surface area (Å²) in [7, 11) is -3.24. The molecule has 0 bridgehead atoms. The smallest absolute Gasteiger partial charge is 0.229 e. The van der Waals surface area contributed by atoms with E-state index in [1.54, 1.807) is 0 Å². The largest absolute Gasteiger partial charge is 0.368 e. The Bertz CT molecular complexity index is 1100. The highest BCUT2D eigenvalue weighted by Gasteiger charge is 2.28.